The lowest BCUT2D eigenvalue weighted by Gasteiger charge is -2.24. The molecule has 0 saturated carbocycles. The van der Waals surface area contributed by atoms with E-state index in [9.17, 15) is 4.79 Å². The van der Waals surface area contributed by atoms with Crippen molar-refractivity contribution in [2.75, 3.05) is 36.8 Å². The number of thioether (sulfide) groups is 1. The van der Waals surface area contributed by atoms with Gasteiger partial charge in [-0.25, -0.2) is 4.98 Å². The molecule has 1 heterocycles. The van der Waals surface area contributed by atoms with Crippen LogP contribution in [0.15, 0.2) is 53.4 Å². The number of thiazole rings is 1. The van der Waals surface area contributed by atoms with Gasteiger partial charge in [-0.1, -0.05) is 61.1 Å². The molecule has 0 saturated heterocycles. The van der Waals surface area contributed by atoms with Crippen LogP contribution in [-0.4, -0.2) is 47.7 Å². The van der Waals surface area contributed by atoms with Gasteiger partial charge in [0.15, 0.2) is 5.13 Å². The van der Waals surface area contributed by atoms with Gasteiger partial charge in [-0.05, 0) is 49.5 Å². The van der Waals surface area contributed by atoms with Crippen LogP contribution in [-0.2, 0) is 4.79 Å². The Balaban J connectivity index is 0.00000341. The van der Waals surface area contributed by atoms with Crippen molar-refractivity contribution >= 4 is 68.4 Å². The Bertz CT molecular complexity index is 948. The highest BCUT2D eigenvalue weighted by Gasteiger charge is 2.20. The van der Waals surface area contributed by atoms with Crippen molar-refractivity contribution in [3.8, 4) is 0 Å². The summed E-state index contributed by atoms with van der Waals surface area (Å²) in [4.78, 5) is 23.3. The third-order valence-corrected chi connectivity index (χ3v) is 7.42. The van der Waals surface area contributed by atoms with E-state index in [1.54, 1.807) is 11.8 Å². The van der Waals surface area contributed by atoms with Crippen LogP contribution < -0.4 is 4.90 Å². The molecule has 0 N–H and O–H groups in total. The summed E-state index contributed by atoms with van der Waals surface area (Å²) in [6.45, 7) is 7.71. The highest BCUT2D eigenvalue weighted by atomic mass is 35.5. The van der Waals surface area contributed by atoms with Crippen LogP contribution in [0.2, 0.25) is 5.02 Å². The van der Waals surface area contributed by atoms with E-state index in [1.165, 1.54) is 16.2 Å². The molecule has 1 aromatic heterocycles. The number of anilines is 1. The molecule has 31 heavy (non-hydrogen) atoms. The number of fused-ring (bicyclic) bond motifs is 1. The zero-order valence-electron chi connectivity index (χ0n) is 17.9. The van der Waals surface area contributed by atoms with Crippen molar-refractivity contribution in [3.63, 3.8) is 0 Å². The standard InChI is InChI=1S/C23H28ClN3OS2.ClH/c1-3-26(4-2)15-16-27(23-25-22-19(24)12-8-13-20(22)30-23)21(28)14-9-17-29-18-10-6-5-7-11-18;/h5-8,10-13H,3-4,9,14-17H2,1-2H3;1H. The lowest BCUT2D eigenvalue weighted by Crippen LogP contribution is -2.38. The summed E-state index contributed by atoms with van der Waals surface area (Å²) in [5.74, 6) is 1.05. The number of hydrogen-bond donors (Lipinski definition) is 0. The number of nitrogens with zero attached hydrogens (tertiary/aromatic N) is 3. The van der Waals surface area contributed by atoms with Crippen molar-refractivity contribution in [1.29, 1.82) is 0 Å². The minimum Gasteiger partial charge on any atom is -0.302 e. The second kappa shape index (κ2) is 13.3. The maximum absolute atomic E-state index is 13.1. The Morgan fingerprint density at radius 2 is 1.81 bits per heavy atom. The lowest BCUT2D eigenvalue weighted by molar-refractivity contribution is -0.118. The number of para-hydroxylation sites is 1. The van der Waals surface area contributed by atoms with Crippen molar-refractivity contribution in [2.24, 2.45) is 0 Å². The smallest absolute Gasteiger partial charge is 0.228 e. The fraction of sp³-hybridized carbons (Fsp3) is 0.391. The summed E-state index contributed by atoms with van der Waals surface area (Å²) < 4.78 is 1.01. The molecule has 2 aromatic carbocycles. The summed E-state index contributed by atoms with van der Waals surface area (Å²) in [7, 11) is 0. The highest BCUT2D eigenvalue weighted by molar-refractivity contribution is 7.99. The molecule has 0 aliphatic carbocycles. The Labute approximate surface area is 204 Å². The Morgan fingerprint density at radius 1 is 1.06 bits per heavy atom. The molecule has 0 atom stereocenters. The molecule has 8 heteroatoms. The van der Waals surface area contributed by atoms with Gasteiger partial charge in [-0.2, -0.15) is 0 Å². The molecule has 168 valence electrons. The molecule has 0 spiro atoms. The molecule has 0 fully saturated rings. The van der Waals surface area contributed by atoms with Gasteiger partial charge in [0, 0.05) is 24.4 Å². The van der Waals surface area contributed by atoms with Crippen molar-refractivity contribution in [1.82, 2.24) is 9.88 Å². The number of likely N-dealkylation sites (N-methyl/N-ethyl adjacent to an activating group) is 1. The first-order chi connectivity index (χ1) is 14.6. The predicted molar refractivity (Wildman–Crippen MR) is 138 cm³/mol. The van der Waals surface area contributed by atoms with Gasteiger partial charge in [0.1, 0.15) is 5.52 Å². The number of halogens is 2. The molecular formula is C23H29Cl2N3OS2. The van der Waals surface area contributed by atoms with Gasteiger partial charge < -0.3 is 4.90 Å². The highest BCUT2D eigenvalue weighted by Crippen LogP contribution is 2.33. The summed E-state index contributed by atoms with van der Waals surface area (Å²) in [6.07, 6.45) is 1.35. The van der Waals surface area contributed by atoms with E-state index in [2.05, 4.69) is 30.9 Å². The van der Waals surface area contributed by atoms with E-state index in [0.717, 1.165) is 47.2 Å². The molecule has 1 amide bonds. The summed E-state index contributed by atoms with van der Waals surface area (Å²) in [5.41, 5.74) is 0.777. The molecule has 0 aliphatic heterocycles. The van der Waals surface area contributed by atoms with Gasteiger partial charge in [0.25, 0.3) is 0 Å². The Morgan fingerprint density at radius 3 is 2.48 bits per heavy atom. The first-order valence-corrected chi connectivity index (χ1v) is 12.6. The monoisotopic (exact) mass is 497 g/mol. The molecule has 4 nitrogen and oxygen atoms in total. The van der Waals surface area contributed by atoms with Crippen LogP contribution in [0.1, 0.15) is 26.7 Å². The van der Waals surface area contributed by atoms with Crippen LogP contribution in [0.3, 0.4) is 0 Å². The normalized spacial score (nSPS) is 11.0. The van der Waals surface area contributed by atoms with Crippen molar-refractivity contribution in [2.45, 2.75) is 31.6 Å². The van der Waals surface area contributed by atoms with Crippen LogP contribution in [0.25, 0.3) is 10.2 Å². The number of carbonyl (C=O) groups is 1. The minimum atomic E-state index is 0. The second-order valence-electron chi connectivity index (χ2n) is 6.92. The molecule has 0 radical (unpaired) electrons. The van der Waals surface area contributed by atoms with Gasteiger partial charge in [0.2, 0.25) is 5.91 Å². The van der Waals surface area contributed by atoms with Crippen LogP contribution in [0.4, 0.5) is 5.13 Å². The Kier molecular flexibility index (Phi) is 11.1. The fourth-order valence-corrected chi connectivity index (χ4v) is 5.37. The molecule has 0 unspecified atom stereocenters. The zero-order chi connectivity index (χ0) is 21.3. The summed E-state index contributed by atoms with van der Waals surface area (Å²) in [6, 6.07) is 16.1. The topological polar surface area (TPSA) is 36.4 Å². The molecule has 3 aromatic rings. The predicted octanol–water partition coefficient (Wildman–Crippen LogP) is 6.62. The van der Waals surface area contributed by atoms with E-state index in [-0.39, 0.29) is 18.3 Å². The molecule has 3 rings (SSSR count). The summed E-state index contributed by atoms with van der Waals surface area (Å²) >= 11 is 9.65. The lowest BCUT2D eigenvalue weighted by atomic mass is 10.3. The average Bonchev–Trinajstić information content (AvgIpc) is 3.20. The quantitative estimate of drug-likeness (QED) is 0.220. The fourth-order valence-electron chi connectivity index (χ4n) is 3.19. The van der Waals surface area contributed by atoms with E-state index in [1.807, 2.05) is 41.3 Å². The van der Waals surface area contributed by atoms with Crippen LogP contribution in [0.5, 0.6) is 0 Å². The van der Waals surface area contributed by atoms with E-state index in [4.69, 9.17) is 16.6 Å². The SMILES string of the molecule is CCN(CC)CCN(C(=O)CCCSc1ccccc1)c1nc2c(Cl)cccc2s1.Cl. The number of carbonyl (C=O) groups excluding carboxylic acids is 1. The molecule has 0 bridgehead atoms. The number of rotatable bonds is 11. The number of hydrogen-bond acceptors (Lipinski definition) is 5. The van der Waals surface area contributed by atoms with Crippen LogP contribution >= 0.6 is 47.1 Å². The largest absolute Gasteiger partial charge is 0.302 e. The summed E-state index contributed by atoms with van der Waals surface area (Å²) in [5, 5.41) is 1.37. The van der Waals surface area contributed by atoms with Crippen LogP contribution in [0, 0.1) is 0 Å². The van der Waals surface area contributed by atoms with Gasteiger partial charge >= 0.3 is 0 Å². The third-order valence-electron chi connectivity index (χ3n) is 4.97. The van der Waals surface area contributed by atoms with E-state index >= 15 is 0 Å². The maximum atomic E-state index is 13.1. The van der Waals surface area contributed by atoms with Gasteiger partial charge in [0.05, 0.1) is 9.72 Å². The second-order valence-corrected chi connectivity index (χ2v) is 9.50. The maximum Gasteiger partial charge on any atom is 0.228 e. The first kappa shape index (κ1) is 25.9. The van der Waals surface area contributed by atoms with Crippen molar-refractivity contribution in [3.05, 3.63) is 53.6 Å². The average molecular weight is 499 g/mol. The number of aromatic nitrogens is 1. The Hall–Kier alpha value is -1.31. The van der Waals surface area contributed by atoms with Gasteiger partial charge in [-0.3, -0.25) is 9.69 Å². The number of amides is 1. The van der Waals surface area contributed by atoms with Crippen molar-refractivity contribution < 1.29 is 4.79 Å². The zero-order valence-corrected chi connectivity index (χ0v) is 21.1. The third kappa shape index (κ3) is 7.36. The van der Waals surface area contributed by atoms with E-state index in [0.29, 0.717) is 18.0 Å². The molecule has 0 aliphatic rings. The molecular weight excluding hydrogens is 469 g/mol. The minimum absolute atomic E-state index is 0. The van der Waals surface area contributed by atoms with E-state index < -0.39 is 0 Å². The van der Waals surface area contributed by atoms with Gasteiger partial charge in [-0.15, -0.1) is 24.2 Å². The number of benzene rings is 2. The first-order valence-electron chi connectivity index (χ1n) is 10.4.